The Kier molecular flexibility index (Phi) is 7.63. The van der Waals surface area contributed by atoms with E-state index in [-0.39, 0.29) is 30.9 Å². The molecule has 0 radical (unpaired) electrons. The van der Waals surface area contributed by atoms with Gasteiger partial charge in [0.25, 0.3) is 0 Å². The zero-order valence-electron chi connectivity index (χ0n) is 6.50. The summed E-state index contributed by atoms with van der Waals surface area (Å²) in [6.07, 6.45) is -0.182. The van der Waals surface area contributed by atoms with Gasteiger partial charge in [-0.3, -0.25) is 0 Å². The van der Waals surface area contributed by atoms with Gasteiger partial charge in [0.15, 0.2) is 0 Å². The maximum atomic E-state index is 12.6. The fourth-order valence-corrected chi connectivity index (χ4v) is 1.12. The van der Waals surface area contributed by atoms with Crippen LogP contribution in [0.25, 0.3) is 0 Å². The Labute approximate surface area is 79.1 Å². The molecule has 1 aliphatic heterocycles. The molecule has 0 bridgehead atoms. The van der Waals surface area contributed by atoms with Crippen LogP contribution in [-0.2, 0) is 0 Å². The lowest BCUT2D eigenvalue weighted by atomic mass is 10.1. The van der Waals surface area contributed by atoms with E-state index in [4.69, 9.17) is 5.73 Å². The van der Waals surface area contributed by atoms with Crippen molar-refractivity contribution in [1.29, 1.82) is 0 Å². The number of hydrogen-bond acceptors (Lipinski definition) is 2. The van der Waals surface area contributed by atoms with Crippen molar-refractivity contribution in [2.45, 2.75) is 18.6 Å². The van der Waals surface area contributed by atoms with Crippen LogP contribution in [0.3, 0.4) is 0 Å². The van der Waals surface area contributed by atoms with Crippen LogP contribution in [0.1, 0.15) is 6.42 Å². The van der Waals surface area contributed by atoms with E-state index in [1.54, 1.807) is 0 Å². The molecule has 0 aromatic rings. The second-order valence-electron chi connectivity index (χ2n) is 2.73. The van der Waals surface area contributed by atoms with Crippen LogP contribution in [0.5, 0.6) is 0 Å². The van der Waals surface area contributed by atoms with E-state index in [0.717, 1.165) is 6.54 Å². The number of likely N-dealkylation sites (tertiary alicyclic amines) is 1. The van der Waals surface area contributed by atoms with Crippen molar-refractivity contribution in [3.8, 4) is 0 Å². The summed E-state index contributed by atoms with van der Waals surface area (Å²) in [6, 6.07) is -0.260. The van der Waals surface area contributed by atoms with Gasteiger partial charge in [0.2, 0.25) is 0 Å². The highest BCUT2D eigenvalue weighted by atomic mass is 35.5. The van der Waals surface area contributed by atoms with Crippen molar-refractivity contribution in [1.82, 2.24) is 4.90 Å². The van der Waals surface area contributed by atoms with E-state index >= 15 is 0 Å². The third-order valence-electron chi connectivity index (χ3n) is 1.77. The fourth-order valence-electron chi connectivity index (χ4n) is 1.12. The number of hydrogen-bond donors (Lipinski definition) is 1. The van der Waals surface area contributed by atoms with Gasteiger partial charge in [0, 0.05) is 19.1 Å². The molecule has 2 atom stereocenters. The molecule has 5 heteroatoms. The normalized spacial score (nSPS) is 31.9. The molecule has 2 nitrogen and oxygen atoms in total. The Morgan fingerprint density at radius 2 is 2.00 bits per heavy atom. The lowest BCUT2D eigenvalue weighted by Gasteiger charge is -2.29. The van der Waals surface area contributed by atoms with E-state index in [9.17, 15) is 4.39 Å². The number of alkyl halides is 1. The van der Waals surface area contributed by atoms with Crippen LogP contribution in [0.15, 0.2) is 0 Å². The molecule has 0 unspecified atom stereocenters. The second-order valence-corrected chi connectivity index (χ2v) is 2.73. The lowest BCUT2D eigenvalue weighted by molar-refractivity contribution is 0.148. The second kappa shape index (κ2) is 6.00. The standard InChI is InChI=1S/C6H13FN2.2ClH/c1-9-3-2-5(7)6(8)4-9;;/h5-6H,2-4,8H2,1H3;2*1H/t5-,6-;;/m0../s1. The average molecular weight is 205 g/mol. The van der Waals surface area contributed by atoms with E-state index in [2.05, 4.69) is 4.90 Å². The monoisotopic (exact) mass is 204 g/mol. The Hall–Kier alpha value is 0.430. The molecule has 70 valence electrons. The van der Waals surface area contributed by atoms with Gasteiger partial charge >= 0.3 is 0 Å². The third-order valence-corrected chi connectivity index (χ3v) is 1.77. The van der Waals surface area contributed by atoms with Crippen molar-refractivity contribution in [3.05, 3.63) is 0 Å². The third kappa shape index (κ3) is 4.11. The zero-order chi connectivity index (χ0) is 6.85. The van der Waals surface area contributed by atoms with Crippen LogP contribution >= 0.6 is 24.8 Å². The minimum atomic E-state index is -0.777. The summed E-state index contributed by atoms with van der Waals surface area (Å²) in [7, 11) is 1.96. The van der Waals surface area contributed by atoms with Gasteiger partial charge in [0.05, 0.1) is 0 Å². The van der Waals surface area contributed by atoms with Gasteiger partial charge in [-0.2, -0.15) is 0 Å². The molecule has 1 rings (SSSR count). The largest absolute Gasteiger partial charge is 0.324 e. The Balaban J connectivity index is 0. The summed E-state index contributed by atoms with van der Waals surface area (Å²) < 4.78 is 12.6. The molecular weight excluding hydrogens is 190 g/mol. The quantitative estimate of drug-likeness (QED) is 0.634. The molecule has 0 aromatic carbocycles. The van der Waals surface area contributed by atoms with Gasteiger partial charge in [-0.1, -0.05) is 0 Å². The van der Waals surface area contributed by atoms with Gasteiger partial charge in [-0.15, -0.1) is 24.8 Å². The van der Waals surface area contributed by atoms with Crippen LogP contribution in [0.2, 0.25) is 0 Å². The predicted molar refractivity (Wildman–Crippen MR) is 49.5 cm³/mol. The molecule has 1 aliphatic rings. The first-order valence-corrected chi connectivity index (χ1v) is 3.28. The van der Waals surface area contributed by atoms with Crippen LogP contribution < -0.4 is 5.73 Å². The van der Waals surface area contributed by atoms with Gasteiger partial charge in [-0.05, 0) is 13.5 Å². The van der Waals surface area contributed by atoms with Crippen LogP contribution in [0, 0.1) is 0 Å². The molecule has 1 fully saturated rings. The smallest absolute Gasteiger partial charge is 0.118 e. The highest BCUT2D eigenvalue weighted by Gasteiger charge is 2.23. The predicted octanol–water partition coefficient (Wildman–Crippen LogP) is 0.831. The Morgan fingerprint density at radius 1 is 1.45 bits per heavy atom. The first-order valence-electron chi connectivity index (χ1n) is 3.28. The molecule has 11 heavy (non-hydrogen) atoms. The number of nitrogens with two attached hydrogens (primary N) is 1. The summed E-state index contributed by atoms with van der Waals surface area (Å²) in [5.41, 5.74) is 5.45. The number of piperidine rings is 1. The first-order chi connectivity index (χ1) is 4.20. The maximum Gasteiger partial charge on any atom is 0.118 e. The summed E-state index contributed by atoms with van der Waals surface area (Å²) in [5, 5.41) is 0. The Morgan fingerprint density at radius 3 is 2.36 bits per heavy atom. The molecule has 2 N–H and O–H groups in total. The van der Waals surface area contributed by atoms with Crippen LogP contribution in [0.4, 0.5) is 4.39 Å². The van der Waals surface area contributed by atoms with E-state index in [1.165, 1.54) is 0 Å². The van der Waals surface area contributed by atoms with Crippen molar-refractivity contribution in [3.63, 3.8) is 0 Å². The molecule has 0 aromatic heterocycles. The summed E-state index contributed by atoms with van der Waals surface area (Å²) >= 11 is 0. The molecule has 0 saturated carbocycles. The van der Waals surface area contributed by atoms with Gasteiger partial charge in [-0.25, -0.2) is 4.39 Å². The number of rotatable bonds is 0. The van der Waals surface area contributed by atoms with E-state index < -0.39 is 6.17 Å². The maximum absolute atomic E-state index is 12.6. The Bertz CT molecular complexity index is 105. The lowest BCUT2D eigenvalue weighted by Crippen LogP contribution is -2.47. The van der Waals surface area contributed by atoms with E-state index in [1.807, 2.05) is 7.05 Å². The van der Waals surface area contributed by atoms with Crippen molar-refractivity contribution < 1.29 is 4.39 Å². The average Bonchev–Trinajstić information content (AvgIpc) is 1.80. The molecule has 0 aliphatic carbocycles. The summed E-state index contributed by atoms with van der Waals surface area (Å²) in [6.45, 7) is 1.54. The molecular formula is C6H15Cl2FN2. The molecule has 0 spiro atoms. The fraction of sp³-hybridized carbons (Fsp3) is 1.00. The van der Waals surface area contributed by atoms with Crippen molar-refractivity contribution in [2.24, 2.45) is 5.73 Å². The minimum Gasteiger partial charge on any atom is -0.324 e. The molecule has 1 heterocycles. The zero-order valence-corrected chi connectivity index (χ0v) is 8.13. The van der Waals surface area contributed by atoms with Crippen molar-refractivity contribution in [2.75, 3.05) is 20.1 Å². The molecule has 0 amide bonds. The van der Waals surface area contributed by atoms with Crippen LogP contribution in [-0.4, -0.2) is 37.3 Å². The minimum absolute atomic E-state index is 0. The topological polar surface area (TPSA) is 29.3 Å². The van der Waals surface area contributed by atoms with Crippen molar-refractivity contribution >= 4 is 24.8 Å². The number of likely N-dealkylation sites (N-methyl/N-ethyl adjacent to an activating group) is 1. The van der Waals surface area contributed by atoms with Gasteiger partial charge < -0.3 is 10.6 Å². The molecule has 1 saturated heterocycles. The first kappa shape index (κ1) is 14.0. The summed E-state index contributed by atoms with van der Waals surface area (Å²) in [4.78, 5) is 2.06. The van der Waals surface area contributed by atoms with E-state index in [0.29, 0.717) is 13.0 Å². The summed E-state index contributed by atoms with van der Waals surface area (Å²) in [5.74, 6) is 0. The van der Waals surface area contributed by atoms with Gasteiger partial charge in [0.1, 0.15) is 6.17 Å². The highest BCUT2D eigenvalue weighted by Crippen LogP contribution is 2.10. The SMILES string of the molecule is CN1CC[C@H](F)[C@@H](N)C1.Cl.Cl. The number of nitrogens with zero attached hydrogens (tertiary/aromatic N) is 1. The number of halogens is 3. The highest BCUT2D eigenvalue weighted by molar-refractivity contribution is 5.85.